The molecule has 0 saturated carbocycles. The molecule has 0 radical (unpaired) electrons. The first-order valence-electron chi connectivity index (χ1n) is 7.53. The van der Waals surface area contributed by atoms with Gasteiger partial charge in [-0.3, -0.25) is 9.78 Å². The summed E-state index contributed by atoms with van der Waals surface area (Å²) in [5.41, 5.74) is 0.992. The Bertz CT molecular complexity index is 615. The monoisotopic (exact) mass is 315 g/mol. The Morgan fingerprint density at radius 1 is 1.26 bits per heavy atom. The molecule has 6 nitrogen and oxygen atoms in total. The molecule has 0 amide bonds. The van der Waals surface area contributed by atoms with E-state index in [1.807, 2.05) is 38.1 Å². The van der Waals surface area contributed by atoms with Gasteiger partial charge in [0, 0.05) is 18.9 Å². The van der Waals surface area contributed by atoms with Crippen LogP contribution in [0, 0.1) is 5.92 Å². The maximum Gasteiger partial charge on any atom is 0.320 e. The van der Waals surface area contributed by atoms with Crippen LogP contribution in [-0.4, -0.2) is 27.1 Å². The summed E-state index contributed by atoms with van der Waals surface area (Å²) in [6.45, 7) is 4.52. The molecule has 2 rings (SSSR count). The minimum atomic E-state index is -0.818. The number of rotatable bonds is 8. The van der Waals surface area contributed by atoms with E-state index in [1.54, 1.807) is 18.6 Å². The number of benzene rings is 1. The lowest BCUT2D eigenvalue weighted by atomic mass is 10.0. The number of carboxylic acids is 1. The van der Waals surface area contributed by atoms with E-state index in [0.29, 0.717) is 30.5 Å². The molecule has 1 aromatic carbocycles. The lowest BCUT2D eigenvalue weighted by Gasteiger charge is -2.16. The van der Waals surface area contributed by atoms with Gasteiger partial charge < -0.3 is 15.2 Å². The van der Waals surface area contributed by atoms with Gasteiger partial charge in [0.15, 0.2) is 0 Å². The molecule has 122 valence electrons. The summed E-state index contributed by atoms with van der Waals surface area (Å²) in [4.78, 5) is 19.2. The van der Waals surface area contributed by atoms with Crippen molar-refractivity contribution >= 4 is 5.97 Å². The third-order valence-electron chi connectivity index (χ3n) is 3.24. The zero-order valence-corrected chi connectivity index (χ0v) is 13.3. The van der Waals surface area contributed by atoms with Crippen molar-refractivity contribution in [2.75, 3.05) is 0 Å². The van der Waals surface area contributed by atoms with Crippen molar-refractivity contribution in [3.05, 3.63) is 48.4 Å². The van der Waals surface area contributed by atoms with Crippen LogP contribution in [-0.2, 0) is 11.3 Å². The van der Waals surface area contributed by atoms with Crippen LogP contribution in [0.3, 0.4) is 0 Å². The SMILES string of the molecule is CC(C)C[C@H](NCc1ccc(Oc2cnccn2)cc1)C(=O)O. The number of carbonyl (C=O) groups is 1. The van der Waals surface area contributed by atoms with Crippen LogP contribution in [0.5, 0.6) is 11.6 Å². The standard InChI is InChI=1S/C17H21N3O3/c1-12(2)9-15(17(21)22)20-10-13-3-5-14(6-4-13)23-16-11-18-7-8-19-16/h3-8,11-12,15,20H,9-10H2,1-2H3,(H,21,22)/t15-/m0/s1. The summed E-state index contributed by atoms with van der Waals surface area (Å²) in [6, 6.07) is 6.90. The van der Waals surface area contributed by atoms with Gasteiger partial charge in [-0.2, -0.15) is 0 Å². The fourth-order valence-corrected chi connectivity index (χ4v) is 2.12. The van der Waals surface area contributed by atoms with E-state index in [0.717, 1.165) is 5.56 Å². The number of aliphatic carboxylic acids is 1. The fraction of sp³-hybridized carbons (Fsp3) is 0.353. The van der Waals surface area contributed by atoms with Gasteiger partial charge in [0.1, 0.15) is 11.8 Å². The van der Waals surface area contributed by atoms with E-state index >= 15 is 0 Å². The Morgan fingerprint density at radius 2 is 2.00 bits per heavy atom. The number of carboxylic acid groups (broad SMARTS) is 1. The highest BCUT2D eigenvalue weighted by Gasteiger charge is 2.17. The fourth-order valence-electron chi connectivity index (χ4n) is 2.12. The van der Waals surface area contributed by atoms with E-state index < -0.39 is 12.0 Å². The van der Waals surface area contributed by atoms with Crippen LogP contribution >= 0.6 is 0 Å². The number of hydrogen-bond donors (Lipinski definition) is 2. The Hall–Kier alpha value is -2.47. The molecule has 2 aromatic rings. The molecule has 0 spiro atoms. The quantitative estimate of drug-likeness (QED) is 0.779. The molecule has 0 aliphatic heterocycles. The molecule has 1 heterocycles. The Morgan fingerprint density at radius 3 is 2.57 bits per heavy atom. The average Bonchev–Trinajstić information content (AvgIpc) is 2.53. The number of nitrogens with one attached hydrogen (secondary N) is 1. The molecular weight excluding hydrogens is 294 g/mol. The molecular formula is C17H21N3O3. The first-order chi connectivity index (χ1) is 11.0. The van der Waals surface area contributed by atoms with Crippen molar-refractivity contribution in [1.29, 1.82) is 0 Å². The highest BCUT2D eigenvalue weighted by molar-refractivity contribution is 5.73. The van der Waals surface area contributed by atoms with E-state index in [4.69, 9.17) is 4.74 Å². The second kappa shape index (κ2) is 8.24. The summed E-state index contributed by atoms with van der Waals surface area (Å²) < 4.78 is 5.56. The molecule has 0 fully saturated rings. The summed E-state index contributed by atoms with van der Waals surface area (Å²) in [6.07, 6.45) is 5.29. The average molecular weight is 315 g/mol. The Kier molecular flexibility index (Phi) is 6.05. The highest BCUT2D eigenvalue weighted by atomic mass is 16.5. The molecule has 6 heteroatoms. The first kappa shape index (κ1) is 16.9. The van der Waals surface area contributed by atoms with Gasteiger partial charge in [-0.1, -0.05) is 26.0 Å². The van der Waals surface area contributed by atoms with Crippen LogP contribution in [0.15, 0.2) is 42.9 Å². The van der Waals surface area contributed by atoms with Gasteiger partial charge in [-0.05, 0) is 30.0 Å². The van der Waals surface area contributed by atoms with Crippen LogP contribution in [0.1, 0.15) is 25.8 Å². The first-order valence-corrected chi connectivity index (χ1v) is 7.53. The molecule has 2 N–H and O–H groups in total. The molecule has 0 unspecified atom stereocenters. The maximum absolute atomic E-state index is 11.2. The minimum absolute atomic E-state index is 0.325. The summed E-state index contributed by atoms with van der Waals surface area (Å²) in [5.74, 6) is 0.597. The number of aromatic nitrogens is 2. The van der Waals surface area contributed by atoms with Crippen molar-refractivity contribution in [1.82, 2.24) is 15.3 Å². The highest BCUT2D eigenvalue weighted by Crippen LogP contribution is 2.18. The largest absolute Gasteiger partial charge is 0.480 e. The van der Waals surface area contributed by atoms with Crippen LogP contribution in [0.4, 0.5) is 0 Å². The van der Waals surface area contributed by atoms with Gasteiger partial charge in [0.2, 0.25) is 5.88 Å². The van der Waals surface area contributed by atoms with Crippen LogP contribution in [0.25, 0.3) is 0 Å². The second-order valence-electron chi connectivity index (χ2n) is 5.69. The zero-order valence-electron chi connectivity index (χ0n) is 13.3. The van der Waals surface area contributed by atoms with E-state index in [9.17, 15) is 9.90 Å². The van der Waals surface area contributed by atoms with Gasteiger partial charge in [-0.15, -0.1) is 0 Å². The molecule has 1 aromatic heterocycles. The van der Waals surface area contributed by atoms with Crippen molar-refractivity contribution in [3.63, 3.8) is 0 Å². The Balaban J connectivity index is 1.90. The van der Waals surface area contributed by atoms with E-state index in [-0.39, 0.29) is 0 Å². The predicted octanol–water partition coefficient (Wildman–Crippen LogP) is 2.86. The summed E-state index contributed by atoms with van der Waals surface area (Å²) in [5, 5.41) is 12.3. The molecule has 0 aliphatic rings. The maximum atomic E-state index is 11.2. The molecule has 0 bridgehead atoms. The lowest BCUT2D eigenvalue weighted by molar-refractivity contribution is -0.140. The van der Waals surface area contributed by atoms with Crippen molar-refractivity contribution in [3.8, 4) is 11.6 Å². The number of hydrogen-bond acceptors (Lipinski definition) is 5. The topological polar surface area (TPSA) is 84.3 Å². The zero-order chi connectivity index (χ0) is 16.7. The van der Waals surface area contributed by atoms with Gasteiger partial charge >= 0.3 is 5.97 Å². The van der Waals surface area contributed by atoms with Crippen LogP contribution in [0.2, 0.25) is 0 Å². The van der Waals surface area contributed by atoms with E-state index in [2.05, 4.69) is 15.3 Å². The normalized spacial score (nSPS) is 12.1. The van der Waals surface area contributed by atoms with Crippen LogP contribution < -0.4 is 10.1 Å². The smallest absolute Gasteiger partial charge is 0.320 e. The summed E-state index contributed by atoms with van der Waals surface area (Å²) in [7, 11) is 0. The minimum Gasteiger partial charge on any atom is -0.480 e. The van der Waals surface area contributed by atoms with Gasteiger partial charge in [-0.25, -0.2) is 4.98 Å². The van der Waals surface area contributed by atoms with Gasteiger partial charge in [0.25, 0.3) is 0 Å². The van der Waals surface area contributed by atoms with Crippen molar-refractivity contribution in [2.24, 2.45) is 5.92 Å². The summed E-state index contributed by atoms with van der Waals surface area (Å²) >= 11 is 0. The van der Waals surface area contributed by atoms with Gasteiger partial charge in [0.05, 0.1) is 6.20 Å². The number of ether oxygens (including phenoxy) is 1. The molecule has 1 atom stereocenters. The lowest BCUT2D eigenvalue weighted by Crippen LogP contribution is -2.37. The second-order valence-corrected chi connectivity index (χ2v) is 5.69. The van der Waals surface area contributed by atoms with E-state index in [1.165, 1.54) is 0 Å². The van der Waals surface area contributed by atoms with Crippen molar-refractivity contribution in [2.45, 2.75) is 32.9 Å². The Labute approximate surface area is 135 Å². The molecule has 0 saturated heterocycles. The third-order valence-corrected chi connectivity index (χ3v) is 3.24. The predicted molar refractivity (Wildman–Crippen MR) is 86.3 cm³/mol. The van der Waals surface area contributed by atoms with Crippen molar-refractivity contribution < 1.29 is 14.6 Å². The third kappa shape index (κ3) is 5.67. The molecule has 0 aliphatic carbocycles. The number of nitrogens with zero attached hydrogens (tertiary/aromatic N) is 2. The molecule has 23 heavy (non-hydrogen) atoms.